The van der Waals surface area contributed by atoms with Gasteiger partial charge >= 0.3 is 0 Å². The van der Waals surface area contributed by atoms with Gasteiger partial charge in [0.25, 0.3) is 0 Å². The fraction of sp³-hybridized carbons (Fsp3) is 0.273. The summed E-state index contributed by atoms with van der Waals surface area (Å²) in [5.74, 6) is 1.19. The van der Waals surface area contributed by atoms with Gasteiger partial charge in [0.05, 0.1) is 0 Å². The van der Waals surface area contributed by atoms with Gasteiger partial charge in [0.2, 0.25) is 6.41 Å². The summed E-state index contributed by atoms with van der Waals surface area (Å²) in [7, 11) is 0. The SMILES string of the molecule is CC(C)n1cnnc1-c1cccc(NC=O)n1. The molecule has 0 radical (unpaired) electrons. The lowest BCUT2D eigenvalue weighted by molar-refractivity contribution is -0.105. The van der Waals surface area contributed by atoms with Crippen LogP contribution >= 0.6 is 0 Å². The summed E-state index contributed by atoms with van der Waals surface area (Å²) in [6.45, 7) is 4.08. The number of nitrogens with one attached hydrogen (secondary N) is 1. The topological polar surface area (TPSA) is 72.7 Å². The molecule has 2 heterocycles. The van der Waals surface area contributed by atoms with Crippen LogP contribution in [0.3, 0.4) is 0 Å². The molecule has 2 rings (SSSR count). The minimum absolute atomic E-state index is 0.254. The van der Waals surface area contributed by atoms with Crippen molar-refractivity contribution in [2.75, 3.05) is 5.32 Å². The van der Waals surface area contributed by atoms with Crippen molar-refractivity contribution >= 4 is 12.2 Å². The van der Waals surface area contributed by atoms with Crippen LogP contribution in [0.2, 0.25) is 0 Å². The zero-order valence-electron chi connectivity index (χ0n) is 9.66. The first-order valence-electron chi connectivity index (χ1n) is 5.29. The molecule has 2 aromatic heterocycles. The highest BCUT2D eigenvalue weighted by atomic mass is 16.1. The number of pyridine rings is 1. The van der Waals surface area contributed by atoms with Gasteiger partial charge < -0.3 is 9.88 Å². The second-order valence-electron chi connectivity index (χ2n) is 3.83. The number of aromatic nitrogens is 4. The molecule has 6 nitrogen and oxygen atoms in total. The molecule has 1 N–H and O–H groups in total. The molecule has 0 fully saturated rings. The van der Waals surface area contributed by atoms with Gasteiger partial charge in [-0.3, -0.25) is 4.79 Å². The van der Waals surface area contributed by atoms with Crippen LogP contribution in [0.5, 0.6) is 0 Å². The summed E-state index contributed by atoms with van der Waals surface area (Å²) in [6.07, 6.45) is 2.26. The van der Waals surface area contributed by atoms with E-state index in [1.165, 1.54) is 0 Å². The predicted molar refractivity (Wildman–Crippen MR) is 63.3 cm³/mol. The molecule has 6 heteroatoms. The Kier molecular flexibility index (Phi) is 3.13. The van der Waals surface area contributed by atoms with Crippen LogP contribution in [-0.2, 0) is 4.79 Å². The van der Waals surface area contributed by atoms with Gasteiger partial charge in [-0.25, -0.2) is 4.98 Å². The van der Waals surface area contributed by atoms with E-state index in [0.29, 0.717) is 23.7 Å². The highest BCUT2D eigenvalue weighted by Crippen LogP contribution is 2.19. The van der Waals surface area contributed by atoms with E-state index < -0.39 is 0 Å². The van der Waals surface area contributed by atoms with Gasteiger partial charge in [-0.15, -0.1) is 10.2 Å². The standard InChI is InChI=1S/C11H13N5O/c1-8(2)16-6-13-15-11(16)9-4-3-5-10(14-9)12-7-17/h3-8H,1-2H3,(H,12,14,17). The molecular weight excluding hydrogens is 218 g/mol. The van der Waals surface area contributed by atoms with Crippen molar-refractivity contribution in [3.63, 3.8) is 0 Å². The number of hydrogen-bond acceptors (Lipinski definition) is 4. The van der Waals surface area contributed by atoms with Gasteiger partial charge in [0.1, 0.15) is 17.8 Å². The first-order chi connectivity index (χ1) is 8.22. The number of carbonyl (C=O) groups excluding carboxylic acids is 1. The van der Waals surface area contributed by atoms with E-state index in [0.717, 1.165) is 0 Å². The first-order valence-corrected chi connectivity index (χ1v) is 5.29. The van der Waals surface area contributed by atoms with Crippen molar-refractivity contribution in [3.8, 4) is 11.5 Å². The van der Waals surface area contributed by atoms with Crippen LogP contribution in [0.25, 0.3) is 11.5 Å². The highest BCUT2D eigenvalue weighted by Gasteiger charge is 2.11. The van der Waals surface area contributed by atoms with Gasteiger partial charge in [0, 0.05) is 6.04 Å². The van der Waals surface area contributed by atoms with Crippen LogP contribution in [0.1, 0.15) is 19.9 Å². The third-order valence-corrected chi connectivity index (χ3v) is 2.31. The zero-order valence-corrected chi connectivity index (χ0v) is 9.66. The molecule has 0 atom stereocenters. The average Bonchev–Trinajstić information content (AvgIpc) is 2.79. The van der Waals surface area contributed by atoms with Crippen LogP contribution in [0.15, 0.2) is 24.5 Å². The van der Waals surface area contributed by atoms with Crippen molar-refractivity contribution in [1.29, 1.82) is 0 Å². The number of anilines is 1. The summed E-state index contributed by atoms with van der Waals surface area (Å²) in [6, 6.07) is 5.62. The largest absolute Gasteiger partial charge is 0.313 e. The predicted octanol–water partition coefficient (Wildman–Crippen LogP) is 1.49. The zero-order chi connectivity index (χ0) is 12.3. The number of amides is 1. The summed E-state index contributed by atoms with van der Waals surface area (Å²) in [5, 5.41) is 10.4. The number of nitrogens with zero attached hydrogens (tertiary/aromatic N) is 4. The van der Waals surface area contributed by atoms with Crippen molar-refractivity contribution in [2.45, 2.75) is 19.9 Å². The molecular formula is C11H13N5O. The monoisotopic (exact) mass is 231 g/mol. The van der Waals surface area contributed by atoms with Gasteiger partial charge in [-0.2, -0.15) is 0 Å². The van der Waals surface area contributed by atoms with Gasteiger partial charge in [0.15, 0.2) is 5.82 Å². The molecule has 2 aromatic rings. The molecule has 1 amide bonds. The Balaban J connectivity index is 2.42. The fourth-order valence-electron chi connectivity index (χ4n) is 1.50. The molecule has 88 valence electrons. The van der Waals surface area contributed by atoms with Crippen LogP contribution < -0.4 is 5.32 Å². The molecule has 0 saturated heterocycles. The summed E-state index contributed by atoms with van der Waals surface area (Å²) in [5.41, 5.74) is 0.683. The maximum absolute atomic E-state index is 10.4. The third kappa shape index (κ3) is 2.30. The Morgan fingerprint density at radius 1 is 1.41 bits per heavy atom. The number of rotatable bonds is 4. The lowest BCUT2D eigenvalue weighted by Gasteiger charge is -2.09. The van der Waals surface area contributed by atoms with Crippen molar-refractivity contribution in [1.82, 2.24) is 19.7 Å². The Hall–Kier alpha value is -2.24. The quantitative estimate of drug-likeness (QED) is 0.809. The molecule has 0 bridgehead atoms. The molecule has 0 aromatic carbocycles. The third-order valence-electron chi connectivity index (χ3n) is 2.31. The van der Waals surface area contributed by atoms with Crippen molar-refractivity contribution in [2.24, 2.45) is 0 Å². The molecule has 0 saturated carbocycles. The highest BCUT2D eigenvalue weighted by molar-refractivity contribution is 5.69. The minimum atomic E-state index is 0.254. The lowest BCUT2D eigenvalue weighted by atomic mass is 10.3. The molecule has 0 aliphatic carbocycles. The van der Waals surface area contributed by atoms with Crippen molar-refractivity contribution < 1.29 is 4.79 Å². The normalized spacial score (nSPS) is 10.5. The Bertz CT molecular complexity index is 520. The summed E-state index contributed by atoms with van der Waals surface area (Å²) >= 11 is 0. The maximum Gasteiger partial charge on any atom is 0.212 e. The number of carbonyl (C=O) groups is 1. The number of hydrogen-bond donors (Lipinski definition) is 1. The Labute approximate surface area is 98.7 Å². The van der Waals surface area contributed by atoms with E-state index in [2.05, 4.69) is 20.5 Å². The van der Waals surface area contributed by atoms with E-state index in [1.807, 2.05) is 30.5 Å². The van der Waals surface area contributed by atoms with Crippen molar-refractivity contribution in [3.05, 3.63) is 24.5 Å². The van der Waals surface area contributed by atoms with E-state index in [1.54, 1.807) is 12.4 Å². The summed E-state index contributed by atoms with van der Waals surface area (Å²) < 4.78 is 1.92. The molecule has 0 spiro atoms. The van der Waals surface area contributed by atoms with Gasteiger partial charge in [-0.05, 0) is 26.0 Å². The first kappa shape index (κ1) is 11.3. The fourth-order valence-corrected chi connectivity index (χ4v) is 1.50. The van der Waals surface area contributed by atoms with E-state index in [9.17, 15) is 4.79 Å². The molecule has 0 aliphatic heterocycles. The van der Waals surface area contributed by atoms with Crippen LogP contribution in [0.4, 0.5) is 5.82 Å². The van der Waals surface area contributed by atoms with Gasteiger partial charge in [-0.1, -0.05) is 6.07 Å². The smallest absolute Gasteiger partial charge is 0.212 e. The Morgan fingerprint density at radius 2 is 2.24 bits per heavy atom. The maximum atomic E-state index is 10.4. The second kappa shape index (κ2) is 4.73. The van der Waals surface area contributed by atoms with E-state index in [-0.39, 0.29) is 6.04 Å². The van der Waals surface area contributed by atoms with E-state index >= 15 is 0 Å². The van der Waals surface area contributed by atoms with Crippen LogP contribution in [0, 0.1) is 0 Å². The van der Waals surface area contributed by atoms with Crippen LogP contribution in [-0.4, -0.2) is 26.2 Å². The molecule has 0 aliphatic rings. The average molecular weight is 231 g/mol. The van der Waals surface area contributed by atoms with E-state index in [4.69, 9.17) is 0 Å². The molecule has 0 unspecified atom stereocenters. The molecule has 17 heavy (non-hydrogen) atoms. The Morgan fingerprint density at radius 3 is 2.94 bits per heavy atom. The lowest BCUT2D eigenvalue weighted by Crippen LogP contribution is -2.04. The second-order valence-corrected chi connectivity index (χ2v) is 3.83. The summed E-state index contributed by atoms with van der Waals surface area (Å²) in [4.78, 5) is 14.6. The minimum Gasteiger partial charge on any atom is -0.313 e.